The fraction of sp³-hybridized carbons (Fsp3) is 0.222. The maximum absolute atomic E-state index is 11.3. The van der Waals surface area contributed by atoms with Crippen molar-refractivity contribution in [3.63, 3.8) is 0 Å². The van der Waals surface area contributed by atoms with E-state index in [9.17, 15) is 4.79 Å². The van der Waals surface area contributed by atoms with Crippen LogP contribution in [0.3, 0.4) is 0 Å². The number of nitrogens with two attached hydrogens (primary N) is 1. The zero-order valence-corrected chi connectivity index (χ0v) is 13.3. The van der Waals surface area contributed by atoms with Crippen molar-refractivity contribution >= 4 is 5.91 Å². The van der Waals surface area contributed by atoms with Crippen LogP contribution in [0.2, 0.25) is 0 Å². The molecule has 0 aliphatic heterocycles. The highest BCUT2D eigenvalue weighted by Crippen LogP contribution is 2.11. The number of rotatable bonds is 8. The van der Waals surface area contributed by atoms with Gasteiger partial charge in [-0.2, -0.15) is 5.10 Å². The first-order valence-corrected chi connectivity index (χ1v) is 7.77. The number of aromatic nitrogens is 2. The monoisotopic (exact) mass is 324 g/mol. The van der Waals surface area contributed by atoms with E-state index in [4.69, 9.17) is 10.2 Å². The lowest BCUT2D eigenvalue weighted by molar-refractivity contribution is -0.119. The van der Waals surface area contributed by atoms with Crippen LogP contribution < -0.4 is 5.73 Å². The fourth-order valence-electron chi connectivity index (χ4n) is 2.61. The number of carbonyl (C=O) groups excluding carboxylic acids is 1. The Balaban J connectivity index is 1.65. The average molecular weight is 324 g/mol. The smallest absolute Gasteiger partial charge is 0.231 e. The van der Waals surface area contributed by atoms with Crippen molar-refractivity contribution in [3.05, 3.63) is 78.0 Å². The molecule has 6 heteroatoms. The topological polar surface area (TPSA) is 77.3 Å². The number of carbonyl (C=O) groups is 1. The molecule has 0 saturated carbocycles. The van der Waals surface area contributed by atoms with E-state index in [2.05, 4.69) is 17.2 Å². The van der Waals surface area contributed by atoms with E-state index in [1.165, 1.54) is 5.56 Å². The Morgan fingerprint density at radius 1 is 1.12 bits per heavy atom. The number of primary amides is 1. The first-order chi connectivity index (χ1) is 11.7. The molecule has 2 N–H and O–H groups in total. The van der Waals surface area contributed by atoms with E-state index >= 15 is 0 Å². The van der Waals surface area contributed by atoms with E-state index in [0.29, 0.717) is 13.1 Å². The Morgan fingerprint density at radius 3 is 2.67 bits per heavy atom. The third kappa shape index (κ3) is 4.57. The van der Waals surface area contributed by atoms with Crippen LogP contribution in [0.4, 0.5) is 0 Å². The van der Waals surface area contributed by atoms with Gasteiger partial charge in [-0.25, -0.2) is 0 Å². The van der Waals surface area contributed by atoms with Crippen molar-refractivity contribution in [2.24, 2.45) is 5.73 Å². The highest BCUT2D eigenvalue weighted by atomic mass is 16.3. The van der Waals surface area contributed by atoms with Crippen LogP contribution in [0, 0.1) is 0 Å². The van der Waals surface area contributed by atoms with Gasteiger partial charge in [0.1, 0.15) is 5.76 Å². The van der Waals surface area contributed by atoms with Crippen LogP contribution in [0.15, 0.2) is 65.5 Å². The van der Waals surface area contributed by atoms with Crippen LogP contribution in [-0.2, 0) is 24.4 Å². The molecular weight excluding hydrogens is 304 g/mol. The summed E-state index contributed by atoms with van der Waals surface area (Å²) in [4.78, 5) is 13.2. The Labute approximate surface area is 140 Å². The van der Waals surface area contributed by atoms with Gasteiger partial charge in [0.15, 0.2) is 0 Å². The van der Waals surface area contributed by atoms with Gasteiger partial charge in [-0.3, -0.25) is 14.4 Å². The molecule has 124 valence electrons. The van der Waals surface area contributed by atoms with E-state index in [1.807, 2.05) is 52.3 Å². The molecule has 1 amide bonds. The molecule has 0 aliphatic rings. The second-order valence-corrected chi connectivity index (χ2v) is 5.72. The van der Waals surface area contributed by atoms with Crippen molar-refractivity contribution in [2.45, 2.75) is 19.6 Å². The van der Waals surface area contributed by atoms with Crippen LogP contribution in [-0.4, -0.2) is 27.1 Å². The van der Waals surface area contributed by atoms with Crippen LogP contribution >= 0.6 is 0 Å². The predicted molar refractivity (Wildman–Crippen MR) is 89.8 cm³/mol. The molecular formula is C18H20N4O2. The Hall–Kier alpha value is -2.86. The summed E-state index contributed by atoms with van der Waals surface area (Å²) < 4.78 is 7.24. The summed E-state index contributed by atoms with van der Waals surface area (Å²) in [5.41, 5.74) is 7.57. The molecule has 0 bridgehead atoms. The zero-order valence-electron chi connectivity index (χ0n) is 13.3. The molecule has 1 aromatic carbocycles. The normalized spacial score (nSPS) is 11.0. The van der Waals surface area contributed by atoms with Crippen molar-refractivity contribution in [2.75, 3.05) is 6.54 Å². The molecule has 3 aromatic rings. The van der Waals surface area contributed by atoms with Crippen molar-refractivity contribution in [1.29, 1.82) is 0 Å². The molecule has 0 fully saturated rings. The van der Waals surface area contributed by atoms with Gasteiger partial charge in [0.25, 0.3) is 0 Å². The summed E-state index contributed by atoms with van der Waals surface area (Å²) in [5.74, 6) is 0.436. The van der Waals surface area contributed by atoms with E-state index in [0.717, 1.165) is 17.9 Å². The first-order valence-electron chi connectivity index (χ1n) is 7.77. The summed E-state index contributed by atoms with van der Waals surface area (Å²) in [6.45, 7) is 2.00. The average Bonchev–Trinajstić information content (AvgIpc) is 3.20. The van der Waals surface area contributed by atoms with Crippen LogP contribution in [0.5, 0.6) is 0 Å². The highest BCUT2D eigenvalue weighted by molar-refractivity contribution is 5.75. The molecule has 0 spiro atoms. The van der Waals surface area contributed by atoms with Crippen molar-refractivity contribution < 1.29 is 9.21 Å². The number of benzene rings is 1. The Bertz CT molecular complexity index is 765. The first kappa shape index (κ1) is 16.0. The molecule has 2 aromatic heterocycles. The quantitative estimate of drug-likeness (QED) is 0.687. The number of nitrogens with zero attached hydrogens (tertiary/aromatic N) is 3. The largest absolute Gasteiger partial charge is 0.468 e. The minimum absolute atomic E-state index is 0.171. The Kier molecular flexibility index (Phi) is 5.08. The molecule has 0 atom stereocenters. The number of amides is 1. The summed E-state index contributed by atoms with van der Waals surface area (Å²) in [5, 5.41) is 4.39. The van der Waals surface area contributed by atoms with Gasteiger partial charge in [-0.1, -0.05) is 30.3 Å². The molecule has 0 aliphatic carbocycles. The molecule has 3 rings (SSSR count). The van der Waals surface area contributed by atoms with Gasteiger partial charge in [-0.05, 0) is 17.7 Å². The van der Waals surface area contributed by atoms with Gasteiger partial charge in [-0.15, -0.1) is 0 Å². The molecule has 24 heavy (non-hydrogen) atoms. The zero-order chi connectivity index (χ0) is 16.8. The molecule has 0 unspecified atom stereocenters. The second-order valence-electron chi connectivity index (χ2n) is 5.72. The lowest BCUT2D eigenvalue weighted by Gasteiger charge is -2.18. The third-order valence-corrected chi connectivity index (χ3v) is 3.62. The van der Waals surface area contributed by atoms with Crippen LogP contribution in [0.25, 0.3) is 0 Å². The molecule has 2 heterocycles. The summed E-state index contributed by atoms with van der Waals surface area (Å²) >= 11 is 0. The molecule has 6 nitrogen and oxygen atoms in total. The Morgan fingerprint density at radius 2 is 1.96 bits per heavy atom. The summed E-state index contributed by atoms with van der Waals surface area (Å²) in [7, 11) is 0. The predicted octanol–water partition coefficient (Wildman–Crippen LogP) is 2.01. The minimum atomic E-state index is -0.363. The molecule has 0 saturated heterocycles. The van der Waals surface area contributed by atoms with Crippen LogP contribution in [0.1, 0.15) is 16.9 Å². The second kappa shape index (κ2) is 7.61. The lowest BCUT2D eigenvalue weighted by Crippen LogP contribution is -2.32. The maximum atomic E-state index is 11.3. The van der Waals surface area contributed by atoms with E-state index in [-0.39, 0.29) is 12.5 Å². The van der Waals surface area contributed by atoms with Crippen molar-refractivity contribution in [1.82, 2.24) is 14.7 Å². The summed E-state index contributed by atoms with van der Waals surface area (Å²) in [6.07, 6.45) is 5.43. The van der Waals surface area contributed by atoms with E-state index in [1.54, 1.807) is 6.26 Å². The SMILES string of the molecule is NC(=O)CN(Cc1cnn(Cc2ccccc2)c1)Cc1ccco1. The standard InChI is InChI=1S/C18H20N4O2/c19-18(23)14-21(13-17-7-4-8-24-17)10-16-9-20-22(12-16)11-15-5-2-1-3-6-15/h1-9,12H,10-11,13-14H2,(H2,19,23). The third-order valence-electron chi connectivity index (χ3n) is 3.62. The number of hydrogen-bond acceptors (Lipinski definition) is 4. The van der Waals surface area contributed by atoms with Crippen molar-refractivity contribution in [3.8, 4) is 0 Å². The van der Waals surface area contributed by atoms with Gasteiger partial charge in [0, 0.05) is 18.3 Å². The van der Waals surface area contributed by atoms with Gasteiger partial charge >= 0.3 is 0 Å². The van der Waals surface area contributed by atoms with Gasteiger partial charge in [0.2, 0.25) is 5.91 Å². The van der Waals surface area contributed by atoms with Gasteiger partial charge < -0.3 is 10.2 Å². The number of hydrogen-bond donors (Lipinski definition) is 1. The lowest BCUT2D eigenvalue weighted by atomic mass is 10.2. The minimum Gasteiger partial charge on any atom is -0.468 e. The molecule has 0 radical (unpaired) electrons. The highest BCUT2D eigenvalue weighted by Gasteiger charge is 2.12. The fourth-order valence-corrected chi connectivity index (χ4v) is 2.61. The maximum Gasteiger partial charge on any atom is 0.231 e. The van der Waals surface area contributed by atoms with E-state index < -0.39 is 0 Å². The number of furan rings is 1. The summed E-state index contributed by atoms with van der Waals surface area (Å²) in [6, 6.07) is 13.9. The van der Waals surface area contributed by atoms with Gasteiger partial charge in [0.05, 0.1) is 32.1 Å².